The molecule has 1 aliphatic heterocycles. The zero-order valence-electron chi connectivity index (χ0n) is 7.72. The summed E-state index contributed by atoms with van der Waals surface area (Å²) in [6, 6.07) is 0. The van der Waals surface area contributed by atoms with Crippen LogP contribution >= 0.6 is 0 Å². The molecule has 1 rings (SSSR count). The molecule has 0 aromatic rings. The second kappa shape index (κ2) is 3.55. The quantitative estimate of drug-likeness (QED) is 0.624. The lowest BCUT2D eigenvalue weighted by molar-refractivity contribution is 0.00959. The van der Waals surface area contributed by atoms with Crippen molar-refractivity contribution in [3.63, 3.8) is 0 Å². The fourth-order valence-electron chi connectivity index (χ4n) is 1.19. The smallest absolute Gasteiger partial charge is 0.0546 e. The standard InChI is InChI=1S/C9H18O2/c1-8(2)11-7-9(3)4-5-10-6-9/h8H,4-7H2,1-3H3. The molecule has 2 heteroatoms. The topological polar surface area (TPSA) is 18.5 Å². The number of hydrogen-bond acceptors (Lipinski definition) is 2. The Labute approximate surface area is 68.9 Å². The van der Waals surface area contributed by atoms with Gasteiger partial charge in [0.2, 0.25) is 0 Å². The van der Waals surface area contributed by atoms with Crippen molar-refractivity contribution in [1.29, 1.82) is 0 Å². The molecule has 1 heterocycles. The maximum atomic E-state index is 5.55. The summed E-state index contributed by atoms with van der Waals surface area (Å²) in [4.78, 5) is 0. The Morgan fingerprint density at radius 1 is 1.55 bits per heavy atom. The van der Waals surface area contributed by atoms with Crippen LogP contribution in [0, 0.1) is 5.41 Å². The minimum atomic E-state index is 0.282. The third kappa shape index (κ3) is 2.80. The van der Waals surface area contributed by atoms with E-state index in [0.29, 0.717) is 6.10 Å². The van der Waals surface area contributed by atoms with Crippen LogP contribution in [0.5, 0.6) is 0 Å². The van der Waals surface area contributed by atoms with Crippen LogP contribution < -0.4 is 0 Å². The second-order valence-electron chi connectivity index (χ2n) is 3.97. The van der Waals surface area contributed by atoms with Crippen molar-refractivity contribution in [3.8, 4) is 0 Å². The highest BCUT2D eigenvalue weighted by molar-refractivity contribution is 4.78. The largest absolute Gasteiger partial charge is 0.381 e. The molecule has 2 nitrogen and oxygen atoms in total. The van der Waals surface area contributed by atoms with Gasteiger partial charge in [-0.05, 0) is 20.3 Å². The van der Waals surface area contributed by atoms with Crippen molar-refractivity contribution in [2.24, 2.45) is 5.41 Å². The van der Waals surface area contributed by atoms with E-state index in [-0.39, 0.29) is 5.41 Å². The minimum Gasteiger partial charge on any atom is -0.381 e. The zero-order chi connectivity index (χ0) is 8.32. The molecule has 0 aliphatic carbocycles. The molecule has 1 aliphatic rings. The maximum absolute atomic E-state index is 5.55. The van der Waals surface area contributed by atoms with Gasteiger partial charge in [-0.15, -0.1) is 0 Å². The highest BCUT2D eigenvalue weighted by Crippen LogP contribution is 2.28. The third-order valence-corrected chi connectivity index (χ3v) is 2.07. The Kier molecular flexibility index (Phi) is 2.90. The fourth-order valence-corrected chi connectivity index (χ4v) is 1.19. The SMILES string of the molecule is CC(C)OCC1(C)CCOC1. The number of hydrogen-bond donors (Lipinski definition) is 0. The summed E-state index contributed by atoms with van der Waals surface area (Å²) in [6.07, 6.45) is 1.48. The molecule has 0 aromatic heterocycles. The van der Waals surface area contributed by atoms with Gasteiger partial charge in [-0.25, -0.2) is 0 Å². The molecule has 0 spiro atoms. The lowest BCUT2D eigenvalue weighted by Gasteiger charge is -2.22. The van der Waals surface area contributed by atoms with Crippen LogP contribution in [0.1, 0.15) is 27.2 Å². The van der Waals surface area contributed by atoms with Gasteiger partial charge in [0.05, 0.1) is 19.3 Å². The van der Waals surface area contributed by atoms with Crippen molar-refractivity contribution >= 4 is 0 Å². The predicted octanol–water partition coefficient (Wildman–Crippen LogP) is 1.84. The molecule has 0 aromatic carbocycles. The van der Waals surface area contributed by atoms with E-state index in [9.17, 15) is 0 Å². The molecule has 1 fully saturated rings. The lowest BCUT2D eigenvalue weighted by atomic mass is 9.91. The van der Waals surface area contributed by atoms with Crippen LogP contribution in [0.2, 0.25) is 0 Å². The molecular formula is C9H18O2. The van der Waals surface area contributed by atoms with E-state index in [0.717, 1.165) is 26.2 Å². The average Bonchev–Trinajstić information content (AvgIpc) is 2.33. The molecule has 0 amide bonds. The summed E-state index contributed by atoms with van der Waals surface area (Å²) >= 11 is 0. The lowest BCUT2D eigenvalue weighted by Crippen LogP contribution is -2.25. The summed E-state index contributed by atoms with van der Waals surface area (Å²) in [5, 5.41) is 0. The van der Waals surface area contributed by atoms with E-state index in [2.05, 4.69) is 20.8 Å². The molecule has 1 atom stereocenters. The van der Waals surface area contributed by atoms with Crippen LogP contribution in [0.15, 0.2) is 0 Å². The van der Waals surface area contributed by atoms with Crippen molar-refractivity contribution in [2.45, 2.75) is 33.3 Å². The Bertz CT molecular complexity index is 115. The number of ether oxygens (including phenoxy) is 2. The number of rotatable bonds is 3. The summed E-state index contributed by atoms with van der Waals surface area (Å²) in [6.45, 7) is 8.96. The first-order chi connectivity index (χ1) is 5.12. The van der Waals surface area contributed by atoms with Gasteiger partial charge >= 0.3 is 0 Å². The summed E-state index contributed by atoms with van der Waals surface area (Å²) < 4.78 is 10.9. The van der Waals surface area contributed by atoms with Crippen LogP contribution in [0.4, 0.5) is 0 Å². The van der Waals surface area contributed by atoms with Gasteiger partial charge in [-0.3, -0.25) is 0 Å². The molecule has 0 saturated carbocycles. The molecule has 0 bridgehead atoms. The van der Waals surface area contributed by atoms with Crippen molar-refractivity contribution < 1.29 is 9.47 Å². The fraction of sp³-hybridized carbons (Fsp3) is 1.00. The normalized spacial score (nSPS) is 31.6. The van der Waals surface area contributed by atoms with Gasteiger partial charge in [0.15, 0.2) is 0 Å². The third-order valence-electron chi connectivity index (χ3n) is 2.07. The predicted molar refractivity (Wildman–Crippen MR) is 44.6 cm³/mol. The van der Waals surface area contributed by atoms with E-state index in [1.807, 2.05) is 0 Å². The van der Waals surface area contributed by atoms with E-state index in [1.165, 1.54) is 0 Å². The Balaban J connectivity index is 2.23. The van der Waals surface area contributed by atoms with Gasteiger partial charge in [0, 0.05) is 12.0 Å². The Morgan fingerprint density at radius 3 is 2.73 bits per heavy atom. The molecule has 1 saturated heterocycles. The first-order valence-corrected chi connectivity index (χ1v) is 4.32. The summed E-state index contributed by atoms with van der Waals surface area (Å²) in [5.74, 6) is 0. The Hall–Kier alpha value is -0.0800. The van der Waals surface area contributed by atoms with E-state index >= 15 is 0 Å². The van der Waals surface area contributed by atoms with Gasteiger partial charge < -0.3 is 9.47 Å². The molecule has 66 valence electrons. The van der Waals surface area contributed by atoms with E-state index in [4.69, 9.17) is 9.47 Å². The van der Waals surface area contributed by atoms with Crippen LogP contribution in [0.3, 0.4) is 0 Å². The second-order valence-corrected chi connectivity index (χ2v) is 3.97. The van der Waals surface area contributed by atoms with Gasteiger partial charge in [0.25, 0.3) is 0 Å². The molecule has 11 heavy (non-hydrogen) atoms. The van der Waals surface area contributed by atoms with Crippen LogP contribution in [-0.4, -0.2) is 25.9 Å². The first-order valence-electron chi connectivity index (χ1n) is 4.32. The summed E-state index contributed by atoms with van der Waals surface area (Å²) in [7, 11) is 0. The van der Waals surface area contributed by atoms with Gasteiger partial charge in [-0.2, -0.15) is 0 Å². The maximum Gasteiger partial charge on any atom is 0.0546 e. The van der Waals surface area contributed by atoms with Crippen molar-refractivity contribution in [2.75, 3.05) is 19.8 Å². The highest BCUT2D eigenvalue weighted by Gasteiger charge is 2.29. The highest BCUT2D eigenvalue weighted by atomic mass is 16.5. The van der Waals surface area contributed by atoms with Crippen molar-refractivity contribution in [3.05, 3.63) is 0 Å². The monoisotopic (exact) mass is 158 g/mol. The Morgan fingerprint density at radius 2 is 2.27 bits per heavy atom. The van der Waals surface area contributed by atoms with Crippen molar-refractivity contribution in [1.82, 2.24) is 0 Å². The zero-order valence-corrected chi connectivity index (χ0v) is 7.72. The molecular weight excluding hydrogens is 140 g/mol. The van der Waals surface area contributed by atoms with Gasteiger partial charge in [-0.1, -0.05) is 6.92 Å². The van der Waals surface area contributed by atoms with E-state index in [1.54, 1.807) is 0 Å². The molecule has 0 N–H and O–H groups in total. The summed E-state index contributed by atoms with van der Waals surface area (Å²) in [5.41, 5.74) is 0.282. The van der Waals surface area contributed by atoms with E-state index < -0.39 is 0 Å². The molecule has 0 radical (unpaired) electrons. The minimum absolute atomic E-state index is 0.282. The van der Waals surface area contributed by atoms with Crippen LogP contribution in [0.25, 0.3) is 0 Å². The first kappa shape index (κ1) is 9.01. The van der Waals surface area contributed by atoms with Crippen LogP contribution in [-0.2, 0) is 9.47 Å². The average molecular weight is 158 g/mol. The van der Waals surface area contributed by atoms with Gasteiger partial charge in [0.1, 0.15) is 0 Å². The molecule has 1 unspecified atom stereocenters.